The maximum atomic E-state index is 11.6. The Labute approximate surface area is 130 Å². The lowest BCUT2D eigenvalue weighted by molar-refractivity contribution is 0.515. The van der Waals surface area contributed by atoms with Gasteiger partial charge in [0.15, 0.2) is 0 Å². The number of hydrogen-bond donors (Lipinski definition) is 0. The van der Waals surface area contributed by atoms with Gasteiger partial charge in [-0.1, -0.05) is 55.8 Å². The predicted octanol–water partition coefficient (Wildman–Crippen LogP) is 4.51. The van der Waals surface area contributed by atoms with Crippen LogP contribution >= 0.6 is 12.0 Å². The van der Waals surface area contributed by atoms with Gasteiger partial charge in [0, 0.05) is 16.9 Å². The van der Waals surface area contributed by atoms with E-state index in [4.69, 9.17) is 3.63 Å². The molecule has 2 aromatic carbocycles. The first-order valence-corrected chi connectivity index (χ1v) is 9.17. The Balaban J connectivity index is 1.97. The highest BCUT2D eigenvalue weighted by Crippen LogP contribution is 2.26. The summed E-state index contributed by atoms with van der Waals surface area (Å²) in [6.45, 7) is 1.95. The summed E-state index contributed by atoms with van der Waals surface area (Å²) < 4.78 is 28.2. The van der Waals surface area contributed by atoms with Gasteiger partial charge < -0.3 is 0 Å². The summed E-state index contributed by atoms with van der Waals surface area (Å²) in [7, 11) is -3.44. The molecule has 3 nitrogen and oxygen atoms in total. The summed E-state index contributed by atoms with van der Waals surface area (Å²) in [6.07, 6.45) is 1.45. The standard InChI is InChI=1S/C16H18O3S2/c1-2-3-13-21(17,18)19-20-16-11-9-15(10-12-16)14-7-5-4-6-8-14/h4-12H,2-3,13H2,1H3. The SMILES string of the molecule is CCCCS(=O)(=O)OSc1ccc(-c2ccccc2)cc1. The minimum absolute atomic E-state index is 0.0681. The van der Waals surface area contributed by atoms with Gasteiger partial charge in [-0.3, -0.25) is 0 Å². The lowest BCUT2D eigenvalue weighted by Gasteiger charge is -2.05. The quantitative estimate of drug-likeness (QED) is 0.704. The fourth-order valence-electron chi connectivity index (χ4n) is 1.78. The van der Waals surface area contributed by atoms with Crippen molar-refractivity contribution in [2.75, 3.05) is 5.75 Å². The van der Waals surface area contributed by atoms with E-state index in [2.05, 4.69) is 0 Å². The van der Waals surface area contributed by atoms with Crippen molar-refractivity contribution in [2.24, 2.45) is 0 Å². The van der Waals surface area contributed by atoms with Crippen molar-refractivity contribution in [3.63, 3.8) is 0 Å². The van der Waals surface area contributed by atoms with Crippen molar-refractivity contribution in [2.45, 2.75) is 24.7 Å². The third-order valence-electron chi connectivity index (χ3n) is 2.94. The van der Waals surface area contributed by atoms with Crippen molar-refractivity contribution in [3.05, 3.63) is 54.6 Å². The first-order chi connectivity index (χ1) is 10.1. The highest BCUT2D eigenvalue weighted by molar-refractivity contribution is 8.04. The molecule has 5 heteroatoms. The normalized spacial score (nSPS) is 11.5. The Hall–Kier alpha value is -1.30. The zero-order valence-electron chi connectivity index (χ0n) is 11.9. The molecule has 2 rings (SSSR count). The van der Waals surface area contributed by atoms with E-state index in [-0.39, 0.29) is 5.75 Å². The highest BCUT2D eigenvalue weighted by Gasteiger charge is 2.11. The molecule has 0 saturated carbocycles. The maximum absolute atomic E-state index is 11.6. The molecular formula is C16H18O3S2. The second-order valence-electron chi connectivity index (χ2n) is 4.66. The summed E-state index contributed by atoms with van der Waals surface area (Å²) in [5.41, 5.74) is 2.22. The minimum atomic E-state index is -3.44. The van der Waals surface area contributed by atoms with Crippen LogP contribution in [-0.2, 0) is 13.7 Å². The largest absolute Gasteiger partial charge is 0.278 e. The van der Waals surface area contributed by atoms with Crippen molar-refractivity contribution in [1.82, 2.24) is 0 Å². The third kappa shape index (κ3) is 5.19. The summed E-state index contributed by atoms with van der Waals surface area (Å²) in [5.74, 6) is 0.0681. The van der Waals surface area contributed by atoms with E-state index in [1.165, 1.54) is 0 Å². The van der Waals surface area contributed by atoms with Crippen LogP contribution in [0.1, 0.15) is 19.8 Å². The predicted molar refractivity (Wildman–Crippen MR) is 87.5 cm³/mol. The fourth-order valence-corrected chi connectivity index (χ4v) is 3.67. The average Bonchev–Trinajstić information content (AvgIpc) is 2.53. The molecular weight excluding hydrogens is 304 g/mol. The molecule has 0 saturated heterocycles. The van der Waals surface area contributed by atoms with E-state index in [0.717, 1.165) is 34.5 Å². The number of unbranched alkanes of at least 4 members (excludes halogenated alkanes) is 1. The Morgan fingerprint density at radius 2 is 1.57 bits per heavy atom. The van der Waals surface area contributed by atoms with Gasteiger partial charge in [0.1, 0.15) is 0 Å². The number of benzene rings is 2. The Morgan fingerprint density at radius 1 is 0.952 bits per heavy atom. The maximum Gasteiger partial charge on any atom is 0.278 e. The first-order valence-electron chi connectivity index (χ1n) is 6.85. The molecule has 0 bridgehead atoms. The molecule has 0 atom stereocenters. The molecule has 0 fully saturated rings. The lowest BCUT2D eigenvalue weighted by Crippen LogP contribution is -2.06. The first kappa shape index (κ1) is 16.1. The van der Waals surface area contributed by atoms with Crippen LogP contribution in [0.4, 0.5) is 0 Å². The van der Waals surface area contributed by atoms with Crippen LogP contribution in [0.2, 0.25) is 0 Å². The third-order valence-corrected chi connectivity index (χ3v) is 5.30. The Bertz CT molecular complexity index is 650. The van der Waals surface area contributed by atoms with Crippen molar-refractivity contribution in [3.8, 4) is 11.1 Å². The number of rotatable bonds is 7. The second-order valence-corrected chi connectivity index (χ2v) is 7.36. The average molecular weight is 322 g/mol. The van der Waals surface area contributed by atoms with E-state index in [9.17, 15) is 8.42 Å². The van der Waals surface area contributed by atoms with Crippen LogP contribution in [0.15, 0.2) is 59.5 Å². The van der Waals surface area contributed by atoms with Gasteiger partial charge in [-0.2, -0.15) is 12.0 Å². The Kier molecular flexibility index (Phi) is 5.85. The molecule has 0 N–H and O–H groups in total. The zero-order valence-corrected chi connectivity index (χ0v) is 13.5. The molecule has 0 aliphatic rings. The molecule has 112 valence electrons. The van der Waals surface area contributed by atoms with Crippen LogP contribution in [0.3, 0.4) is 0 Å². The zero-order chi connectivity index (χ0) is 15.1. The number of hydrogen-bond acceptors (Lipinski definition) is 4. The molecule has 0 unspecified atom stereocenters. The van der Waals surface area contributed by atoms with Gasteiger partial charge in [0.25, 0.3) is 10.1 Å². The van der Waals surface area contributed by atoms with Crippen LogP contribution in [0, 0.1) is 0 Å². The van der Waals surface area contributed by atoms with Gasteiger partial charge >= 0.3 is 0 Å². The Morgan fingerprint density at radius 3 is 2.19 bits per heavy atom. The van der Waals surface area contributed by atoms with Crippen molar-refractivity contribution < 1.29 is 12.0 Å². The van der Waals surface area contributed by atoms with E-state index < -0.39 is 10.1 Å². The monoisotopic (exact) mass is 322 g/mol. The molecule has 0 heterocycles. The van der Waals surface area contributed by atoms with E-state index in [1.807, 2.05) is 61.5 Å². The molecule has 0 aliphatic carbocycles. The summed E-state index contributed by atoms with van der Waals surface area (Å²) >= 11 is 0.894. The highest BCUT2D eigenvalue weighted by atomic mass is 32.3. The van der Waals surface area contributed by atoms with E-state index >= 15 is 0 Å². The van der Waals surface area contributed by atoms with Crippen LogP contribution < -0.4 is 0 Å². The summed E-state index contributed by atoms with van der Waals surface area (Å²) in [6, 6.07) is 17.7. The lowest BCUT2D eigenvalue weighted by atomic mass is 10.1. The fraction of sp³-hybridized carbons (Fsp3) is 0.250. The van der Waals surface area contributed by atoms with Gasteiger partial charge in [-0.25, -0.2) is 0 Å². The smallest absolute Gasteiger partial charge is 0.198 e. The van der Waals surface area contributed by atoms with E-state index in [1.54, 1.807) is 0 Å². The van der Waals surface area contributed by atoms with Gasteiger partial charge in [0.05, 0.1) is 5.75 Å². The summed E-state index contributed by atoms with van der Waals surface area (Å²) in [5, 5.41) is 0. The van der Waals surface area contributed by atoms with Gasteiger partial charge in [-0.05, 0) is 29.7 Å². The second kappa shape index (κ2) is 7.64. The minimum Gasteiger partial charge on any atom is -0.198 e. The van der Waals surface area contributed by atoms with Gasteiger partial charge in [-0.15, -0.1) is 0 Å². The topological polar surface area (TPSA) is 43.4 Å². The van der Waals surface area contributed by atoms with Crippen LogP contribution in [-0.4, -0.2) is 14.2 Å². The molecule has 0 amide bonds. The molecule has 2 aromatic rings. The molecule has 0 radical (unpaired) electrons. The molecule has 0 aromatic heterocycles. The molecule has 21 heavy (non-hydrogen) atoms. The van der Waals surface area contributed by atoms with Crippen molar-refractivity contribution >= 4 is 22.2 Å². The van der Waals surface area contributed by atoms with Crippen LogP contribution in [0.25, 0.3) is 11.1 Å². The van der Waals surface area contributed by atoms with Gasteiger partial charge in [0.2, 0.25) is 0 Å². The molecule has 0 aliphatic heterocycles. The molecule has 0 spiro atoms. The van der Waals surface area contributed by atoms with E-state index in [0.29, 0.717) is 6.42 Å². The summed E-state index contributed by atoms with van der Waals surface area (Å²) in [4.78, 5) is 0.773. The van der Waals surface area contributed by atoms with Crippen molar-refractivity contribution in [1.29, 1.82) is 0 Å². The van der Waals surface area contributed by atoms with Crippen LogP contribution in [0.5, 0.6) is 0 Å².